The molecule has 1 amide bonds. The van der Waals surface area contributed by atoms with E-state index in [-0.39, 0.29) is 5.91 Å². The molecule has 0 unspecified atom stereocenters. The van der Waals surface area contributed by atoms with Gasteiger partial charge in [0.05, 0.1) is 19.4 Å². The average molecular weight is 372 g/mol. The minimum Gasteiger partial charge on any atom is -0.463 e. The number of rotatable bonds is 8. The van der Waals surface area contributed by atoms with Crippen molar-refractivity contribution in [3.8, 4) is 0 Å². The van der Waals surface area contributed by atoms with Crippen LogP contribution in [0.4, 0.5) is 5.69 Å². The lowest BCUT2D eigenvalue weighted by molar-refractivity contribution is -0.949. The van der Waals surface area contributed by atoms with Gasteiger partial charge in [0.15, 0.2) is 18.3 Å². The molecule has 0 radical (unpaired) electrons. The predicted molar refractivity (Wildman–Crippen MR) is 107 cm³/mol. The Balaban J connectivity index is 1.54. The molecule has 1 atom stereocenters. The number of benzene rings is 1. The minimum absolute atomic E-state index is 0.0509. The molecule has 0 saturated carbocycles. The van der Waals surface area contributed by atoms with Gasteiger partial charge in [0.25, 0.3) is 5.91 Å². The normalized spacial score (nSPS) is 16.4. The van der Waals surface area contributed by atoms with Crippen LogP contribution in [0.15, 0.2) is 47.1 Å². The molecule has 27 heavy (non-hydrogen) atoms. The summed E-state index contributed by atoms with van der Waals surface area (Å²) >= 11 is 0. The van der Waals surface area contributed by atoms with Crippen LogP contribution >= 0.6 is 0 Å². The number of nitrogens with one attached hydrogen (secondary N) is 2. The van der Waals surface area contributed by atoms with Crippen LogP contribution in [-0.4, -0.2) is 32.1 Å². The van der Waals surface area contributed by atoms with Gasteiger partial charge in [-0.05, 0) is 48.9 Å². The number of amides is 1. The zero-order valence-electron chi connectivity index (χ0n) is 16.5. The summed E-state index contributed by atoms with van der Waals surface area (Å²) in [5.41, 5.74) is 2.10. The molecular weight excluding hydrogens is 338 g/mol. The first-order valence-electron chi connectivity index (χ1n) is 10.2. The van der Waals surface area contributed by atoms with Gasteiger partial charge in [-0.15, -0.1) is 0 Å². The van der Waals surface area contributed by atoms with Crippen molar-refractivity contribution < 1.29 is 19.4 Å². The topological polar surface area (TPSA) is 63.3 Å². The van der Waals surface area contributed by atoms with Crippen LogP contribution in [0.25, 0.3) is 0 Å². The van der Waals surface area contributed by atoms with Crippen LogP contribution in [0.3, 0.4) is 0 Å². The van der Waals surface area contributed by atoms with Gasteiger partial charge in [-0.25, -0.2) is 0 Å². The van der Waals surface area contributed by atoms with E-state index in [1.165, 1.54) is 37.9 Å². The standard InChI is InChI=1S/C22H31N3O2/c1-17(2)18-9-4-5-10-19(18)24-22(26)16-23-15-20(21-11-8-14-27-21)25-12-6-3-7-13-25/h4-5,8-11,14,17,20,23H,3,6-7,12-13,15-16H2,1-2H3,(H,24,26)/p+2/t20-/m1/s1. The Labute approximate surface area is 162 Å². The fraction of sp³-hybridized carbons (Fsp3) is 0.500. The van der Waals surface area contributed by atoms with Gasteiger partial charge < -0.3 is 20.0 Å². The number of quaternary nitrogens is 2. The van der Waals surface area contributed by atoms with Crippen molar-refractivity contribution in [1.82, 2.24) is 0 Å². The molecule has 1 aromatic carbocycles. The average Bonchev–Trinajstić information content (AvgIpc) is 3.20. The second-order valence-corrected chi connectivity index (χ2v) is 7.81. The van der Waals surface area contributed by atoms with Gasteiger partial charge in [-0.3, -0.25) is 4.79 Å². The minimum atomic E-state index is 0.0509. The van der Waals surface area contributed by atoms with E-state index in [4.69, 9.17) is 4.42 Å². The van der Waals surface area contributed by atoms with E-state index in [0.717, 1.165) is 18.0 Å². The van der Waals surface area contributed by atoms with Crippen molar-refractivity contribution in [2.45, 2.75) is 45.1 Å². The van der Waals surface area contributed by atoms with Gasteiger partial charge in [0.1, 0.15) is 6.54 Å². The van der Waals surface area contributed by atoms with E-state index in [0.29, 0.717) is 18.5 Å². The van der Waals surface area contributed by atoms with E-state index in [1.807, 2.05) is 24.3 Å². The number of hydrogen-bond acceptors (Lipinski definition) is 2. The number of carbonyl (C=O) groups is 1. The van der Waals surface area contributed by atoms with E-state index < -0.39 is 0 Å². The fourth-order valence-electron chi connectivity index (χ4n) is 4.02. The van der Waals surface area contributed by atoms with E-state index in [9.17, 15) is 4.79 Å². The zero-order chi connectivity index (χ0) is 19.1. The van der Waals surface area contributed by atoms with Crippen molar-refractivity contribution in [3.05, 3.63) is 54.0 Å². The summed E-state index contributed by atoms with van der Waals surface area (Å²) in [5.74, 6) is 1.47. The third kappa shape index (κ3) is 5.44. The number of nitrogens with two attached hydrogens (primary N) is 1. The Bertz CT molecular complexity index is 706. The molecule has 1 fully saturated rings. The maximum atomic E-state index is 12.5. The van der Waals surface area contributed by atoms with Crippen LogP contribution < -0.4 is 15.5 Å². The fourth-order valence-corrected chi connectivity index (χ4v) is 4.02. The van der Waals surface area contributed by atoms with Crippen molar-refractivity contribution in [2.24, 2.45) is 0 Å². The summed E-state index contributed by atoms with van der Waals surface area (Å²) in [6, 6.07) is 12.4. The first-order valence-corrected chi connectivity index (χ1v) is 10.2. The van der Waals surface area contributed by atoms with Crippen molar-refractivity contribution in [3.63, 3.8) is 0 Å². The van der Waals surface area contributed by atoms with E-state index in [1.54, 1.807) is 11.2 Å². The number of carbonyl (C=O) groups excluding carboxylic acids is 1. The van der Waals surface area contributed by atoms with Crippen LogP contribution in [0.1, 0.15) is 56.4 Å². The predicted octanol–water partition coefficient (Wildman–Crippen LogP) is 1.72. The third-order valence-electron chi connectivity index (χ3n) is 5.46. The molecule has 4 N–H and O–H groups in total. The van der Waals surface area contributed by atoms with Crippen molar-refractivity contribution in [2.75, 3.05) is 31.5 Å². The molecule has 0 bridgehead atoms. The van der Waals surface area contributed by atoms with E-state index >= 15 is 0 Å². The molecule has 1 aromatic heterocycles. The highest BCUT2D eigenvalue weighted by atomic mass is 16.3. The van der Waals surface area contributed by atoms with Crippen LogP contribution in [-0.2, 0) is 4.79 Å². The lowest BCUT2D eigenvalue weighted by atomic mass is 10.0. The molecular formula is C22H33N3O2+2. The number of para-hydroxylation sites is 1. The number of piperidine rings is 1. The summed E-state index contributed by atoms with van der Waals surface area (Å²) in [6.07, 6.45) is 5.63. The number of furan rings is 1. The summed E-state index contributed by atoms with van der Waals surface area (Å²) in [7, 11) is 0. The molecule has 0 aliphatic carbocycles. The second kappa shape index (κ2) is 9.72. The lowest BCUT2D eigenvalue weighted by Crippen LogP contribution is -3.15. The maximum Gasteiger partial charge on any atom is 0.279 e. The van der Waals surface area contributed by atoms with Gasteiger partial charge in [-0.1, -0.05) is 32.0 Å². The highest BCUT2D eigenvalue weighted by Gasteiger charge is 2.29. The highest BCUT2D eigenvalue weighted by Crippen LogP contribution is 2.23. The Hall–Kier alpha value is -2.11. The number of likely N-dealkylation sites (tertiary alicyclic amines) is 1. The smallest absolute Gasteiger partial charge is 0.279 e. The van der Waals surface area contributed by atoms with Crippen LogP contribution in [0.5, 0.6) is 0 Å². The summed E-state index contributed by atoms with van der Waals surface area (Å²) in [5, 5.41) is 5.19. The molecule has 1 aliphatic heterocycles. The number of anilines is 1. The van der Waals surface area contributed by atoms with Gasteiger partial charge >= 0.3 is 0 Å². The zero-order valence-corrected chi connectivity index (χ0v) is 16.5. The molecule has 1 saturated heterocycles. The number of hydrogen-bond donors (Lipinski definition) is 3. The first-order chi connectivity index (χ1) is 13.1. The van der Waals surface area contributed by atoms with Gasteiger partial charge in [0.2, 0.25) is 0 Å². The van der Waals surface area contributed by atoms with E-state index in [2.05, 4.69) is 36.6 Å². The summed E-state index contributed by atoms with van der Waals surface area (Å²) in [4.78, 5) is 14.0. The first kappa shape index (κ1) is 19.6. The monoisotopic (exact) mass is 371 g/mol. The van der Waals surface area contributed by atoms with Gasteiger partial charge in [0, 0.05) is 5.69 Å². The van der Waals surface area contributed by atoms with Gasteiger partial charge in [-0.2, -0.15) is 0 Å². The molecule has 5 heteroatoms. The Kier molecular flexibility index (Phi) is 7.07. The molecule has 1 aliphatic rings. The molecule has 0 spiro atoms. The van der Waals surface area contributed by atoms with Crippen LogP contribution in [0, 0.1) is 0 Å². The Morgan fingerprint density at radius 1 is 1.15 bits per heavy atom. The summed E-state index contributed by atoms with van der Waals surface area (Å²) < 4.78 is 5.70. The van der Waals surface area contributed by atoms with Crippen LogP contribution in [0.2, 0.25) is 0 Å². The molecule has 2 heterocycles. The Morgan fingerprint density at radius 3 is 2.63 bits per heavy atom. The summed E-state index contributed by atoms with van der Waals surface area (Å²) in [6.45, 7) is 7.96. The maximum absolute atomic E-state index is 12.5. The molecule has 5 nitrogen and oxygen atoms in total. The van der Waals surface area contributed by atoms with Crippen molar-refractivity contribution >= 4 is 11.6 Å². The molecule has 2 aromatic rings. The molecule has 3 rings (SSSR count). The SMILES string of the molecule is CC(C)c1ccccc1NC(=O)C[NH2+]C[C@H](c1ccco1)[NH+]1CCCCC1. The quantitative estimate of drug-likeness (QED) is 0.662. The highest BCUT2D eigenvalue weighted by molar-refractivity contribution is 5.92. The largest absolute Gasteiger partial charge is 0.463 e. The van der Waals surface area contributed by atoms with Crippen molar-refractivity contribution in [1.29, 1.82) is 0 Å². The third-order valence-corrected chi connectivity index (χ3v) is 5.46. The second-order valence-electron chi connectivity index (χ2n) is 7.81. The Morgan fingerprint density at radius 2 is 1.93 bits per heavy atom. The lowest BCUT2D eigenvalue weighted by Gasteiger charge is -2.29. The molecule has 146 valence electrons.